The normalized spacial score (nSPS) is 10.9. The molecule has 0 rings (SSSR count). The fourth-order valence-corrected chi connectivity index (χ4v) is 1.62. The molecular weight excluding hydrogens is 369 g/mol. The highest BCUT2D eigenvalue weighted by Crippen LogP contribution is 2.03. The number of methoxy groups -OCH3 is 1. The first-order chi connectivity index (χ1) is 9.10. The minimum Gasteiger partial charge on any atom is -0.469 e. The van der Waals surface area contributed by atoms with Gasteiger partial charge >= 0.3 is 5.97 Å². The molecule has 5 nitrogen and oxygen atoms in total. The lowest BCUT2D eigenvalue weighted by molar-refractivity contribution is -0.140. The Morgan fingerprint density at radius 1 is 1.20 bits per heavy atom. The zero-order valence-corrected chi connectivity index (χ0v) is 15.5. The lowest BCUT2D eigenvalue weighted by Crippen LogP contribution is -2.41. The van der Waals surface area contributed by atoms with E-state index < -0.39 is 0 Å². The molecule has 0 unspecified atom stereocenters. The third-order valence-corrected chi connectivity index (χ3v) is 2.56. The minimum absolute atomic E-state index is 0. The van der Waals surface area contributed by atoms with Crippen LogP contribution in [0.5, 0.6) is 0 Å². The Labute approximate surface area is 140 Å². The maximum Gasteiger partial charge on any atom is 0.305 e. The Hall–Kier alpha value is -0.530. The quantitative estimate of drug-likeness (QED) is 0.206. The van der Waals surface area contributed by atoms with Crippen molar-refractivity contribution >= 4 is 35.9 Å². The number of guanidine groups is 1. The molecule has 0 saturated carbocycles. The number of unbranched alkanes of at least 4 members (excludes halogenated alkanes) is 3. The van der Waals surface area contributed by atoms with Gasteiger partial charge in [-0.05, 0) is 33.6 Å². The second kappa shape index (κ2) is 14.9. The summed E-state index contributed by atoms with van der Waals surface area (Å²) in [4.78, 5) is 15.4. The fraction of sp³-hybridized carbons (Fsp3) is 0.857. The van der Waals surface area contributed by atoms with Crippen LogP contribution in [0, 0.1) is 0 Å². The van der Waals surface area contributed by atoms with Crippen molar-refractivity contribution < 1.29 is 9.53 Å². The van der Waals surface area contributed by atoms with E-state index in [1.165, 1.54) is 7.11 Å². The summed E-state index contributed by atoms with van der Waals surface area (Å²) in [6.07, 6.45) is 4.63. The zero-order chi connectivity index (χ0) is 14.5. The molecule has 0 spiro atoms. The van der Waals surface area contributed by atoms with Crippen molar-refractivity contribution in [1.29, 1.82) is 0 Å². The average molecular weight is 399 g/mol. The molecule has 0 aliphatic rings. The first kappa shape index (κ1) is 21.8. The Morgan fingerprint density at radius 2 is 1.85 bits per heavy atom. The molecule has 0 aromatic heterocycles. The predicted molar refractivity (Wildman–Crippen MR) is 94.8 cm³/mol. The summed E-state index contributed by atoms with van der Waals surface area (Å²) in [5.74, 6) is 0.764. The molecule has 0 saturated heterocycles. The number of aliphatic imine (C=N–C) groups is 1. The van der Waals surface area contributed by atoms with Crippen molar-refractivity contribution in [2.75, 3.05) is 20.2 Å². The number of hydrogen-bond donors (Lipinski definition) is 2. The van der Waals surface area contributed by atoms with Gasteiger partial charge in [-0.3, -0.25) is 9.79 Å². The summed E-state index contributed by atoms with van der Waals surface area (Å²) in [6.45, 7) is 7.95. The monoisotopic (exact) mass is 399 g/mol. The van der Waals surface area contributed by atoms with Crippen molar-refractivity contribution in [2.24, 2.45) is 4.99 Å². The van der Waals surface area contributed by atoms with E-state index in [1.807, 2.05) is 0 Å². The van der Waals surface area contributed by atoms with Gasteiger partial charge in [0.15, 0.2) is 5.96 Å². The maximum absolute atomic E-state index is 10.9. The average Bonchev–Trinajstić information content (AvgIpc) is 2.36. The maximum atomic E-state index is 10.9. The molecule has 0 aromatic rings. The molecule has 0 radical (unpaired) electrons. The summed E-state index contributed by atoms with van der Waals surface area (Å²) < 4.78 is 4.60. The molecule has 0 aromatic carbocycles. The van der Waals surface area contributed by atoms with Crippen molar-refractivity contribution in [1.82, 2.24) is 10.6 Å². The SMILES string of the molecule is CCNC(=NCCCCCCC(=O)OC)NC(C)C.I. The second-order valence-electron chi connectivity index (χ2n) is 4.80. The van der Waals surface area contributed by atoms with E-state index in [2.05, 4.69) is 41.1 Å². The Morgan fingerprint density at radius 3 is 2.40 bits per heavy atom. The Bertz CT molecular complexity index is 271. The third kappa shape index (κ3) is 13.9. The number of carbonyl (C=O) groups is 1. The molecule has 0 heterocycles. The number of nitrogens with zero attached hydrogens (tertiary/aromatic N) is 1. The largest absolute Gasteiger partial charge is 0.469 e. The van der Waals surface area contributed by atoms with Crippen LogP contribution < -0.4 is 10.6 Å². The van der Waals surface area contributed by atoms with Gasteiger partial charge in [0.2, 0.25) is 0 Å². The van der Waals surface area contributed by atoms with Crippen LogP contribution >= 0.6 is 24.0 Å². The molecule has 0 fully saturated rings. The molecule has 0 aliphatic heterocycles. The molecule has 0 atom stereocenters. The first-order valence-electron chi connectivity index (χ1n) is 7.21. The highest BCUT2D eigenvalue weighted by atomic mass is 127. The van der Waals surface area contributed by atoms with Gasteiger partial charge < -0.3 is 15.4 Å². The highest BCUT2D eigenvalue weighted by Gasteiger charge is 2.00. The van der Waals surface area contributed by atoms with Crippen molar-refractivity contribution in [3.63, 3.8) is 0 Å². The summed E-state index contributed by atoms with van der Waals surface area (Å²) in [7, 11) is 1.43. The van der Waals surface area contributed by atoms with Crippen LogP contribution in [0.25, 0.3) is 0 Å². The first-order valence-corrected chi connectivity index (χ1v) is 7.21. The summed E-state index contributed by atoms with van der Waals surface area (Å²) in [5, 5.41) is 6.50. The molecule has 0 bridgehead atoms. The number of rotatable bonds is 9. The number of halogens is 1. The lowest BCUT2D eigenvalue weighted by atomic mass is 10.1. The number of carbonyl (C=O) groups excluding carboxylic acids is 1. The standard InChI is InChI=1S/C14H29N3O2.HI/c1-5-15-14(17-12(2)3)16-11-9-7-6-8-10-13(18)19-4;/h12H,5-11H2,1-4H3,(H2,15,16,17);1H. The number of esters is 1. The van der Waals surface area contributed by atoms with E-state index in [-0.39, 0.29) is 29.9 Å². The van der Waals surface area contributed by atoms with Crippen molar-refractivity contribution in [3.8, 4) is 0 Å². The predicted octanol–water partition coefficient (Wildman–Crippen LogP) is 2.69. The molecule has 6 heteroatoms. The van der Waals surface area contributed by atoms with Crippen LogP contribution in [-0.4, -0.2) is 38.2 Å². The van der Waals surface area contributed by atoms with Gasteiger partial charge in [-0.15, -0.1) is 24.0 Å². The van der Waals surface area contributed by atoms with Crippen LogP contribution in [0.4, 0.5) is 0 Å². The highest BCUT2D eigenvalue weighted by molar-refractivity contribution is 14.0. The molecule has 20 heavy (non-hydrogen) atoms. The molecular formula is C14H30IN3O2. The third-order valence-electron chi connectivity index (χ3n) is 2.56. The van der Waals surface area contributed by atoms with E-state index in [9.17, 15) is 4.79 Å². The van der Waals surface area contributed by atoms with Crippen molar-refractivity contribution in [2.45, 2.75) is 58.9 Å². The number of hydrogen-bond acceptors (Lipinski definition) is 3. The van der Waals surface area contributed by atoms with Crippen LogP contribution in [0.2, 0.25) is 0 Å². The molecule has 0 aliphatic carbocycles. The zero-order valence-electron chi connectivity index (χ0n) is 13.2. The van der Waals surface area contributed by atoms with E-state index >= 15 is 0 Å². The lowest BCUT2D eigenvalue weighted by Gasteiger charge is -2.13. The van der Waals surface area contributed by atoms with Gasteiger partial charge in [-0.1, -0.05) is 12.8 Å². The van der Waals surface area contributed by atoms with E-state index in [0.29, 0.717) is 12.5 Å². The van der Waals surface area contributed by atoms with Crippen LogP contribution in [0.3, 0.4) is 0 Å². The van der Waals surface area contributed by atoms with Gasteiger partial charge in [0.25, 0.3) is 0 Å². The Balaban J connectivity index is 0. The van der Waals surface area contributed by atoms with E-state index in [0.717, 1.165) is 44.7 Å². The smallest absolute Gasteiger partial charge is 0.305 e. The minimum atomic E-state index is -0.117. The van der Waals surface area contributed by atoms with E-state index in [1.54, 1.807) is 0 Å². The second-order valence-corrected chi connectivity index (χ2v) is 4.80. The van der Waals surface area contributed by atoms with Crippen molar-refractivity contribution in [3.05, 3.63) is 0 Å². The van der Waals surface area contributed by atoms with Gasteiger partial charge in [-0.2, -0.15) is 0 Å². The van der Waals surface area contributed by atoms with Crippen LogP contribution in [0.1, 0.15) is 52.9 Å². The number of ether oxygens (including phenoxy) is 1. The van der Waals surface area contributed by atoms with Gasteiger partial charge in [-0.25, -0.2) is 0 Å². The summed E-state index contributed by atoms with van der Waals surface area (Å²) >= 11 is 0. The Kier molecular flexibility index (Phi) is 16.2. The molecule has 2 N–H and O–H groups in total. The van der Waals surface area contributed by atoms with Gasteiger partial charge in [0, 0.05) is 25.6 Å². The molecule has 120 valence electrons. The summed E-state index contributed by atoms with van der Waals surface area (Å²) in [6, 6.07) is 0.387. The molecule has 0 amide bonds. The number of nitrogens with one attached hydrogen (secondary N) is 2. The van der Waals surface area contributed by atoms with Crippen LogP contribution in [0.15, 0.2) is 4.99 Å². The fourth-order valence-electron chi connectivity index (χ4n) is 1.62. The topological polar surface area (TPSA) is 62.7 Å². The van der Waals surface area contributed by atoms with Crippen LogP contribution in [-0.2, 0) is 9.53 Å². The van der Waals surface area contributed by atoms with E-state index in [4.69, 9.17) is 0 Å². The van der Waals surface area contributed by atoms with Gasteiger partial charge in [0.05, 0.1) is 7.11 Å². The van der Waals surface area contributed by atoms with Gasteiger partial charge in [0.1, 0.15) is 0 Å². The summed E-state index contributed by atoms with van der Waals surface area (Å²) in [5.41, 5.74) is 0.